The van der Waals surface area contributed by atoms with E-state index < -0.39 is 29.1 Å². The molecule has 3 aromatic rings. The molecular formula is C26H21F5. The molecular weight excluding hydrogens is 407 g/mol. The highest BCUT2D eigenvalue weighted by Gasteiger charge is 2.28. The van der Waals surface area contributed by atoms with Gasteiger partial charge in [0.2, 0.25) is 0 Å². The van der Waals surface area contributed by atoms with Crippen molar-refractivity contribution in [2.75, 3.05) is 0 Å². The molecule has 0 radical (unpaired) electrons. The van der Waals surface area contributed by atoms with Crippen LogP contribution in [0.25, 0.3) is 10.8 Å². The largest absolute Gasteiger partial charge is 0.207 e. The molecule has 0 saturated heterocycles. The Morgan fingerprint density at radius 3 is 2.23 bits per heavy atom. The second kappa shape index (κ2) is 8.70. The average molecular weight is 428 g/mol. The number of rotatable bonds is 2. The number of fused-ring (bicyclic) bond motifs is 1. The topological polar surface area (TPSA) is 0 Å². The van der Waals surface area contributed by atoms with E-state index >= 15 is 0 Å². The Hall–Kier alpha value is -2.87. The van der Waals surface area contributed by atoms with Gasteiger partial charge < -0.3 is 0 Å². The fraction of sp³-hybridized carbons (Fsp3) is 0.308. The number of hydrogen-bond donors (Lipinski definition) is 0. The predicted octanol–water partition coefficient (Wildman–Crippen LogP) is 7.62. The molecule has 0 bridgehead atoms. The maximum Gasteiger partial charge on any atom is 0.174 e. The molecule has 1 saturated carbocycles. The summed E-state index contributed by atoms with van der Waals surface area (Å²) in [6.07, 6.45) is 4.10. The summed E-state index contributed by atoms with van der Waals surface area (Å²) in [5.41, 5.74) is -0.159. The highest BCUT2D eigenvalue weighted by molar-refractivity contribution is 5.84. The van der Waals surface area contributed by atoms with E-state index in [0.717, 1.165) is 31.4 Å². The second-order valence-electron chi connectivity index (χ2n) is 8.12. The minimum atomic E-state index is -1.17. The summed E-state index contributed by atoms with van der Waals surface area (Å²) in [4.78, 5) is 0. The monoisotopic (exact) mass is 428 g/mol. The van der Waals surface area contributed by atoms with Crippen LogP contribution < -0.4 is 0 Å². The molecule has 4 rings (SSSR count). The van der Waals surface area contributed by atoms with Crippen LogP contribution in [-0.2, 0) is 0 Å². The molecule has 0 heterocycles. The van der Waals surface area contributed by atoms with Crippen molar-refractivity contribution in [3.8, 4) is 11.8 Å². The Balaban J connectivity index is 1.64. The molecule has 1 aliphatic rings. The fourth-order valence-corrected chi connectivity index (χ4v) is 4.42. The standard InChI is InChI=1S/C26H21F5/c1-2-15-3-7-17(8-4-15)23-22(28)14-19(24(29)26(23)31)9-5-16-6-11-20-18(13-16)10-12-21(27)25(20)30/h6,10-15,17H,2-4,7-8H2,1H3. The lowest BCUT2D eigenvalue weighted by molar-refractivity contribution is 0.307. The van der Waals surface area contributed by atoms with Crippen LogP contribution in [0, 0.1) is 46.8 Å². The Bertz CT molecular complexity index is 1190. The van der Waals surface area contributed by atoms with Gasteiger partial charge in [-0.25, -0.2) is 22.0 Å². The summed E-state index contributed by atoms with van der Waals surface area (Å²) in [7, 11) is 0. The van der Waals surface area contributed by atoms with Gasteiger partial charge in [0.15, 0.2) is 23.3 Å². The molecule has 0 aromatic heterocycles. The predicted molar refractivity (Wildman–Crippen MR) is 111 cm³/mol. The Morgan fingerprint density at radius 1 is 0.774 bits per heavy atom. The lowest BCUT2D eigenvalue weighted by Crippen LogP contribution is -2.16. The van der Waals surface area contributed by atoms with E-state index in [-0.39, 0.29) is 22.4 Å². The third kappa shape index (κ3) is 4.17. The lowest BCUT2D eigenvalue weighted by Gasteiger charge is -2.28. The highest BCUT2D eigenvalue weighted by atomic mass is 19.2. The van der Waals surface area contributed by atoms with Gasteiger partial charge in [-0.05, 0) is 67.2 Å². The van der Waals surface area contributed by atoms with Crippen molar-refractivity contribution in [1.82, 2.24) is 0 Å². The summed E-state index contributed by atoms with van der Waals surface area (Å²) in [6, 6.07) is 7.68. The van der Waals surface area contributed by atoms with Gasteiger partial charge in [0.25, 0.3) is 0 Å². The third-order valence-corrected chi connectivity index (χ3v) is 6.27. The van der Waals surface area contributed by atoms with Crippen LogP contribution in [0.4, 0.5) is 22.0 Å². The van der Waals surface area contributed by atoms with Crippen LogP contribution in [0.1, 0.15) is 61.6 Å². The summed E-state index contributed by atoms with van der Waals surface area (Å²) < 4.78 is 71.3. The molecule has 5 heteroatoms. The van der Waals surface area contributed by atoms with Gasteiger partial charge in [0, 0.05) is 16.5 Å². The summed E-state index contributed by atoms with van der Waals surface area (Å²) in [5, 5.41) is 0.512. The third-order valence-electron chi connectivity index (χ3n) is 6.27. The van der Waals surface area contributed by atoms with E-state index in [9.17, 15) is 22.0 Å². The van der Waals surface area contributed by atoms with Crippen molar-refractivity contribution < 1.29 is 22.0 Å². The first kappa shape index (κ1) is 21.4. The van der Waals surface area contributed by atoms with Gasteiger partial charge in [-0.15, -0.1) is 0 Å². The van der Waals surface area contributed by atoms with Crippen molar-refractivity contribution in [3.05, 3.63) is 82.2 Å². The van der Waals surface area contributed by atoms with Gasteiger partial charge in [0.1, 0.15) is 5.82 Å². The number of benzene rings is 3. The van der Waals surface area contributed by atoms with Crippen molar-refractivity contribution in [2.45, 2.75) is 44.9 Å². The van der Waals surface area contributed by atoms with Gasteiger partial charge in [0.05, 0.1) is 5.56 Å². The molecule has 0 atom stereocenters. The van der Waals surface area contributed by atoms with Gasteiger partial charge >= 0.3 is 0 Å². The summed E-state index contributed by atoms with van der Waals surface area (Å²) in [6.45, 7) is 2.10. The summed E-state index contributed by atoms with van der Waals surface area (Å²) >= 11 is 0. The quantitative estimate of drug-likeness (QED) is 0.224. The normalized spacial score (nSPS) is 18.6. The van der Waals surface area contributed by atoms with E-state index in [1.165, 1.54) is 24.3 Å². The zero-order chi connectivity index (χ0) is 22.1. The van der Waals surface area contributed by atoms with E-state index in [1.807, 2.05) is 0 Å². The average Bonchev–Trinajstić information content (AvgIpc) is 2.78. The summed E-state index contributed by atoms with van der Waals surface area (Å²) in [5.74, 6) is 0.346. The maximum atomic E-state index is 14.7. The van der Waals surface area contributed by atoms with Crippen molar-refractivity contribution in [3.63, 3.8) is 0 Å². The smallest absolute Gasteiger partial charge is 0.174 e. The number of halogens is 5. The maximum absolute atomic E-state index is 14.7. The molecule has 3 aromatic carbocycles. The van der Waals surface area contributed by atoms with Gasteiger partial charge in [-0.1, -0.05) is 37.3 Å². The second-order valence-corrected chi connectivity index (χ2v) is 8.12. The van der Waals surface area contributed by atoms with Crippen LogP contribution in [0.15, 0.2) is 36.4 Å². The molecule has 1 fully saturated rings. The fourth-order valence-electron chi connectivity index (χ4n) is 4.42. The zero-order valence-electron chi connectivity index (χ0n) is 17.0. The van der Waals surface area contributed by atoms with E-state index in [4.69, 9.17) is 0 Å². The first-order chi connectivity index (χ1) is 14.9. The first-order valence-electron chi connectivity index (χ1n) is 10.5. The van der Waals surface area contributed by atoms with E-state index in [2.05, 4.69) is 18.8 Å². The minimum absolute atomic E-state index is 0.0935. The van der Waals surface area contributed by atoms with Crippen LogP contribution in [0.2, 0.25) is 0 Å². The minimum Gasteiger partial charge on any atom is -0.207 e. The van der Waals surface area contributed by atoms with E-state index in [1.54, 1.807) is 0 Å². The number of hydrogen-bond acceptors (Lipinski definition) is 0. The van der Waals surface area contributed by atoms with Crippen molar-refractivity contribution >= 4 is 10.8 Å². The molecule has 0 N–H and O–H groups in total. The molecule has 1 aliphatic carbocycles. The molecule has 31 heavy (non-hydrogen) atoms. The van der Waals surface area contributed by atoms with Gasteiger partial charge in [-0.3, -0.25) is 0 Å². The van der Waals surface area contributed by atoms with E-state index in [0.29, 0.717) is 29.7 Å². The Morgan fingerprint density at radius 2 is 1.52 bits per heavy atom. The molecule has 0 unspecified atom stereocenters. The Labute approximate surface area is 178 Å². The van der Waals surface area contributed by atoms with Crippen LogP contribution in [0.3, 0.4) is 0 Å². The SMILES string of the molecule is CCC1CCC(c2c(F)cc(C#Cc3ccc4c(F)c(F)ccc4c3)c(F)c2F)CC1. The van der Waals surface area contributed by atoms with Gasteiger partial charge in [-0.2, -0.15) is 0 Å². The van der Waals surface area contributed by atoms with Crippen LogP contribution in [0.5, 0.6) is 0 Å². The molecule has 0 spiro atoms. The van der Waals surface area contributed by atoms with Crippen LogP contribution >= 0.6 is 0 Å². The highest BCUT2D eigenvalue weighted by Crippen LogP contribution is 2.39. The zero-order valence-corrected chi connectivity index (χ0v) is 17.0. The molecule has 160 valence electrons. The molecule has 0 nitrogen and oxygen atoms in total. The first-order valence-corrected chi connectivity index (χ1v) is 10.5. The lowest BCUT2D eigenvalue weighted by atomic mass is 9.77. The van der Waals surface area contributed by atoms with Crippen molar-refractivity contribution in [1.29, 1.82) is 0 Å². The van der Waals surface area contributed by atoms with Crippen molar-refractivity contribution in [2.24, 2.45) is 5.92 Å². The molecule has 0 aliphatic heterocycles. The Kier molecular flexibility index (Phi) is 6.00. The van der Waals surface area contributed by atoms with Crippen LogP contribution in [-0.4, -0.2) is 0 Å². The molecule has 0 amide bonds.